The molecule has 7 heteroatoms. The van der Waals surface area contributed by atoms with E-state index in [9.17, 15) is 4.79 Å². The summed E-state index contributed by atoms with van der Waals surface area (Å²) >= 11 is 0. The van der Waals surface area contributed by atoms with Gasteiger partial charge in [0, 0.05) is 25.2 Å². The van der Waals surface area contributed by atoms with Gasteiger partial charge >= 0.3 is 0 Å². The second-order valence-electron chi connectivity index (χ2n) is 5.73. The molecule has 22 heavy (non-hydrogen) atoms. The van der Waals surface area contributed by atoms with E-state index in [-0.39, 0.29) is 11.8 Å². The van der Waals surface area contributed by atoms with E-state index in [1.165, 1.54) is 7.11 Å². The first-order valence-corrected chi connectivity index (χ1v) is 7.38. The molecule has 1 saturated carbocycles. The number of carbonyl (C=O) groups is 1. The number of hydrogen-bond donors (Lipinski definition) is 0. The Morgan fingerprint density at radius 2 is 2.18 bits per heavy atom. The van der Waals surface area contributed by atoms with Gasteiger partial charge < -0.3 is 14.2 Å². The van der Waals surface area contributed by atoms with Crippen molar-refractivity contribution in [1.82, 2.24) is 20.0 Å². The van der Waals surface area contributed by atoms with Gasteiger partial charge in [0.2, 0.25) is 11.8 Å². The molecule has 0 radical (unpaired) electrons. The average molecular weight is 300 g/mol. The molecule has 0 unspecified atom stereocenters. The molecule has 2 aliphatic rings. The Labute approximate surface area is 127 Å². The van der Waals surface area contributed by atoms with Crippen molar-refractivity contribution in [3.8, 4) is 5.88 Å². The first-order valence-electron chi connectivity index (χ1n) is 7.38. The van der Waals surface area contributed by atoms with E-state index in [2.05, 4.69) is 15.1 Å². The molecule has 2 fully saturated rings. The minimum Gasteiger partial charge on any atom is -0.480 e. The van der Waals surface area contributed by atoms with Crippen LogP contribution in [0.3, 0.4) is 0 Å². The number of methoxy groups -OCH3 is 1. The van der Waals surface area contributed by atoms with Crippen LogP contribution < -0.4 is 4.74 Å². The van der Waals surface area contributed by atoms with E-state index in [4.69, 9.17) is 9.26 Å². The van der Waals surface area contributed by atoms with Crippen LogP contribution in [-0.4, -0.2) is 46.1 Å². The second kappa shape index (κ2) is 5.08. The highest BCUT2D eigenvalue weighted by molar-refractivity contribution is 5.96. The summed E-state index contributed by atoms with van der Waals surface area (Å²) < 4.78 is 10.4. The molecule has 0 spiro atoms. The smallest absolute Gasteiger partial charge is 0.259 e. The maximum Gasteiger partial charge on any atom is 0.259 e. The first kappa shape index (κ1) is 13.2. The lowest BCUT2D eigenvalue weighted by atomic mass is 9.99. The van der Waals surface area contributed by atoms with Crippen LogP contribution in [0.4, 0.5) is 0 Å². The van der Waals surface area contributed by atoms with Crippen LogP contribution in [0.25, 0.3) is 0 Å². The molecule has 4 rings (SSSR count). The molecule has 2 aromatic heterocycles. The predicted molar refractivity (Wildman–Crippen MR) is 75.7 cm³/mol. The third-order valence-corrected chi connectivity index (χ3v) is 4.11. The summed E-state index contributed by atoms with van der Waals surface area (Å²) in [5.41, 5.74) is 0.479. The van der Waals surface area contributed by atoms with Gasteiger partial charge in [-0.1, -0.05) is 5.16 Å². The summed E-state index contributed by atoms with van der Waals surface area (Å²) in [6, 6.07) is 3.45. The normalized spacial score (nSPS) is 18.1. The van der Waals surface area contributed by atoms with Crippen molar-refractivity contribution < 1.29 is 14.1 Å². The van der Waals surface area contributed by atoms with Gasteiger partial charge in [-0.25, -0.2) is 4.98 Å². The van der Waals surface area contributed by atoms with Crippen molar-refractivity contribution >= 4 is 5.91 Å². The third kappa shape index (κ3) is 2.22. The fourth-order valence-electron chi connectivity index (χ4n) is 2.61. The van der Waals surface area contributed by atoms with Crippen LogP contribution in [0.15, 0.2) is 22.9 Å². The lowest BCUT2D eigenvalue weighted by molar-refractivity contribution is 0.0565. The van der Waals surface area contributed by atoms with Crippen molar-refractivity contribution in [3.63, 3.8) is 0 Å². The van der Waals surface area contributed by atoms with Gasteiger partial charge in [-0.05, 0) is 25.0 Å². The highest BCUT2D eigenvalue weighted by atomic mass is 16.5. The number of pyridine rings is 1. The quantitative estimate of drug-likeness (QED) is 0.853. The van der Waals surface area contributed by atoms with Gasteiger partial charge in [-0.3, -0.25) is 4.79 Å². The molecule has 0 bridgehead atoms. The highest BCUT2D eigenvalue weighted by Gasteiger charge is 2.38. The van der Waals surface area contributed by atoms with Crippen LogP contribution >= 0.6 is 0 Å². The Balaban J connectivity index is 1.42. The zero-order chi connectivity index (χ0) is 15.1. The Hall–Kier alpha value is -2.44. The third-order valence-electron chi connectivity index (χ3n) is 4.11. The molecule has 7 nitrogen and oxygen atoms in total. The number of likely N-dealkylation sites (tertiary alicyclic amines) is 1. The van der Waals surface area contributed by atoms with Crippen LogP contribution in [0.5, 0.6) is 5.88 Å². The van der Waals surface area contributed by atoms with Crippen LogP contribution in [0, 0.1) is 0 Å². The number of aromatic nitrogens is 3. The van der Waals surface area contributed by atoms with Gasteiger partial charge in [-0.15, -0.1) is 0 Å². The number of rotatable bonds is 4. The summed E-state index contributed by atoms with van der Waals surface area (Å²) in [5.74, 6) is 2.34. The van der Waals surface area contributed by atoms with Crippen molar-refractivity contribution in [2.24, 2.45) is 0 Å². The SMILES string of the molecule is COc1ncccc1C(=O)N1CC(c2nc(C3CC3)no2)C1. The van der Waals surface area contributed by atoms with E-state index < -0.39 is 0 Å². The molecule has 114 valence electrons. The molecule has 1 aliphatic heterocycles. The molecule has 0 atom stereocenters. The molecule has 0 aromatic carbocycles. The van der Waals surface area contributed by atoms with Gasteiger partial charge in [0.15, 0.2) is 5.82 Å². The minimum absolute atomic E-state index is 0.0804. The number of nitrogens with zero attached hydrogens (tertiary/aromatic N) is 4. The van der Waals surface area contributed by atoms with Crippen molar-refractivity contribution in [3.05, 3.63) is 35.6 Å². The maximum atomic E-state index is 12.4. The standard InChI is InChI=1S/C15H16N4O3/c1-21-14-11(3-2-6-16-14)15(20)19-7-10(8-19)13-17-12(18-22-13)9-4-5-9/h2-3,6,9-10H,4-5,7-8H2,1H3. The number of carbonyl (C=O) groups excluding carboxylic acids is 1. The van der Waals surface area contributed by atoms with E-state index in [1.54, 1.807) is 23.2 Å². The summed E-state index contributed by atoms with van der Waals surface area (Å²) in [6.07, 6.45) is 3.90. The lowest BCUT2D eigenvalue weighted by Gasteiger charge is -2.37. The van der Waals surface area contributed by atoms with Crippen molar-refractivity contribution in [1.29, 1.82) is 0 Å². The van der Waals surface area contributed by atoms with Crippen LogP contribution in [-0.2, 0) is 0 Å². The van der Waals surface area contributed by atoms with Crippen molar-refractivity contribution in [2.45, 2.75) is 24.7 Å². The van der Waals surface area contributed by atoms with Gasteiger partial charge in [0.05, 0.1) is 13.0 Å². The van der Waals surface area contributed by atoms with Gasteiger partial charge in [0.25, 0.3) is 5.91 Å². The van der Waals surface area contributed by atoms with E-state index >= 15 is 0 Å². The zero-order valence-corrected chi connectivity index (χ0v) is 12.2. The molecular formula is C15H16N4O3. The fraction of sp³-hybridized carbons (Fsp3) is 0.467. The Bertz CT molecular complexity index is 704. The first-order chi connectivity index (χ1) is 10.8. The molecule has 1 saturated heterocycles. The maximum absolute atomic E-state index is 12.4. The zero-order valence-electron chi connectivity index (χ0n) is 12.2. The molecular weight excluding hydrogens is 284 g/mol. The monoisotopic (exact) mass is 300 g/mol. The molecule has 1 amide bonds. The summed E-state index contributed by atoms with van der Waals surface area (Å²) in [6.45, 7) is 1.17. The second-order valence-corrected chi connectivity index (χ2v) is 5.73. The number of ether oxygens (including phenoxy) is 1. The van der Waals surface area contributed by atoms with Gasteiger partial charge in [0.1, 0.15) is 5.56 Å². The van der Waals surface area contributed by atoms with Crippen LogP contribution in [0.2, 0.25) is 0 Å². The molecule has 3 heterocycles. The Kier molecular flexibility index (Phi) is 3.06. The largest absolute Gasteiger partial charge is 0.480 e. The summed E-state index contributed by atoms with van der Waals surface area (Å²) in [7, 11) is 1.51. The fourth-order valence-corrected chi connectivity index (χ4v) is 2.61. The van der Waals surface area contributed by atoms with Crippen LogP contribution in [0.1, 0.15) is 46.8 Å². The molecule has 1 aliphatic carbocycles. The van der Waals surface area contributed by atoms with Crippen molar-refractivity contribution in [2.75, 3.05) is 20.2 Å². The lowest BCUT2D eigenvalue weighted by Crippen LogP contribution is -2.48. The van der Waals surface area contributed by atoms with E-state index in [0.717, 1.165) is 18.7 Å². The number of amides is 1. The topological polar surface area (TPSA) is 81.4 Å². The molecule has 2 aromatic rings. The summed E-state index contributed by atoms with van der Waals surface area (Å²) in [4.78, 5) is 22.7. The highest BCUT2D eigenvalue weighted by Crippen LogP contribution is 2.39. The van der Waals surface area contributed by atoms with E-state index in [1.807, 2.05) is 0 Å². The minimum atomic E-state index is -0.0804. The Morgan fingerprint density at radius 1 is 1.36 bits per heavy atom. The average Bonchev–Trinajstić information content (AvgIpc) is 3.25. The number of hydrogen-bond acceptors (Lipinski definition) is 6. The van der Waals surface area contributed by atoms with Gasteiger partial charge in [-0.2, -0.15) is 4.98 Å². The van der Waals surface area contributed by atoms with E-state index in [0.29, 0.717) is 36.3 Å². The Morgan fingerprint density at radius 3 is 2.91 bits per heavy atom. The summed E-state index contributed by atoms with van der Waals surface area (Å²) in [5, 5.41) is 4.02. The predicted octanol–water partition coefficient (Wildman–Crippen LogP) is 1.59. The molecule has 0 N–H and O–H groups in total.